The van der Waals surface area contributed by atoms with Gasteiger partial charge in [-0.25, -0.2) is 0 Å². The molecular formula is C34H57I5N3O17-. The molecule has 6 fully saturated rings. The molecule has 4 aliphatic carbocycles. The number of aliphatic hydroxyl groups excluding tert-OH is 1. The van der Waals surface area contributed by atoms with Crippen LogP contribution in [0.5, 0.6) is 0 Å². The normalized spacial score (nSPS) is 27.7. The van der Waals surface area contributed by atoms with Crippen LogP contribution in [0.3, 0.4) is 0 Å². The predicted molar refractivity (Wildman–Crippen MR) is 241 cm³/mol. The molecule has 2 aliphatic heterocycles. The van der Waals surface area contributed by atoms with Gasteiger partial charge in [0.1, 0.15) is 0 Å². The number of piperidine rings is 1. The third-order valence-electron chi connectivity index (χ3n) is 10.2. The summed E-state index contributed by atoms with van der Waals surface area (Å²) in [6, 6.07) is 0. The van der Waals surface area contributed by atoms with Gasteiger partial charge in [0.15, 0.2) is 0 Å². The summed E-state index contributed by atoms with van der Waals surface area (Å²) < 4.78 is 8.35. The van der Waals surface area contributed by atoms with Crippen molar-refractivity contribution in [1.82, 2.24) is 11.5 Å². The first-order valence-corrected chi connectivity index (χ1v) is 35.0. The van der Waals surface area contributed by atoms with Crippen molar-refractivity contribution in [2.45, 2.75) is 76.7 Å². The summed E-state index contributed by atoms with van der Waals surface area (Å²) in [6.07, 6.45) is 0. The van der Waals surface area contributed by atoms with Gasteiger partial charge >= 0.3 is 92.3 Å². The minimum Gasteiger partial charge on any atom is -0.412 e. The summed E-state index contributed by atoms with van der Waals surface area (Å²) in [4.78, 5) is 105. The monoisotopic (exact) mass is 1410 g/mol. The van der Waals surface area contributed by atoms with E-state index in [4.69, 9.17) is 26.2 Å². The van der Waals surface area contributed by atoms with Gasteiger partial charge in [-0.05, 0) is 21.7 Å². The molecule has 6 aliphatic rings. The van der Waals surface area contributed by atoms with Crippen LogP contribution in [0.15, 0.2) is 0 Å². The van der Waals surface area contributed by atoms with E-state index >= 15 is 0 Å². The van der Waals surface area contributed by atoms with Gasteiger partial charge in [0, 0.05) is 58.2 Å². The van der Waals surface area contributed by atoms with Crippen LogP contribution in [0.1, 0.15) is 76.7 Å². The molecule has 0 bridgehead atoms. The molecule has 346 valence electrons. The maximum Gasteiger partial charge on any atom is -0.344 e. The molecule has 8 atom stereocenters. The van der Waals surface area contributed by atoms with Gasteiger partial charge in [0.25, 0.3) is 0 Å². The van der Waals surface area contributed by atoms with Gasteiger partial charge in [-0.3, -0.25) is 53.3 Å². The molecule has 59 heavy (non-hydrogen) atoms. The van der Waals surface area contributed by atoms with Crippen molar-refractivity contribution >= 4 is 134 Å². The quantitative estimate of drug-likeness (QED) is 0.0883. The molecule has 0 aromatic rings. The van der Waals surface area contributed by atoms with Gasteiger partial charge in [-0.15, -0.1) is 0 Å². The second-order valence-corrected chi connectivity index (χ2v) is 31.5. The van der Waals surface area contributed by atoms with Gasteiger partial charge in [-0.2, -0.15) is 0 Å². The van der Waals surface area contributed by atoms with Crippen LogP contribution in [-0.4, -0.2) is 92.5 Å². The topological polar surface area (TPSA) is 375 Å². The first kappa shape index (κ1) is 66.9. The molecule has 12 N–H and O–H groups in total. The van der Waals surface area contributed by atoms with E-state index in [1.54, 1.807) is 27.7 Å². The zero-order chi connectivity index (χ0) is 45.2. The molecule has 0 spiro atoms. The molecule has 0 aromatic heterocycles. The second-order valence-electron chi connectivity index (χ2n) is 15.3. The van der Waals surface area contributed by atoms with E-state index in [9.17, 15) is 47.9 Å². The number of hydrogen-bond acceptors (Lipinski definition) is 14. The number of fused-ring (bicyclic) bond motifs is 2. The van der Waals surface area contributed by atoms with Crippen molar-refractivity contribution in [3.63, 3.8) is 0 Å². The number of carboxylic acid groups (broad SMARTS) is 3. The number of nitrogens with two attached hydrogens (primary N) is 1. The smallest absolute Gasteiger partial charge is 0.344 e. The van der Waals surface area contributed by atoms with Crippen molar-refractivity contribution in [3.05, 3.63) is 0 Å². The van der Waals surface area contributed by atoms with Crippen LogP contribution in [0.4, 0.5) is 0 Å². The second kappa shape index (κ2) is 27.1. The number of amides is 3. The number of imide groups is 1. The number of carbonyl (C=O) groups is 10. The van der Waals surface area contributed by atoms with Gasteiger partial charge in [-0.1, -0.05) is 62.8 Å². The zero-order valence-electron chi connectivity index (χ0n) is 33.5. The summed E-state index contributed by atoms with van der Waals surface area (Å²) in [6.45, 7) is 16.9. The average Bonchev–Trinajstić information content (AvgIpc) is 3.97. The average molecular weight is 1410 g/mol. The van der Waals surface area contributed by atoms with Crippen molar-refractivity contribution in [3.8, 4) is 0 Å². The summed E-state index contributed by atoms with van der Waals surface area (Å²) >= 11 is 9.54. The molecule has 0 aromatic carbocycles. The standard InChI is InChI=1S/C7H11NO3.C7H9NO2.C7H10O4.C7H8O3.C4H6O3.CH4O.CH4.I3.I2.H3N.H2O/c1-7(2)3(5(8)9)4(7)6(10)11;1-7(2)3-4(7)6(10)8-5(3)9;1-7(2)3(5(8)9)4(7)6(10)11;1-7(2)3-4(7)6(9)10-5(3)8;1-3(5)7-4(2)6;1-2;;1-3-2;1-2;;/h3-4H,1-2H3,(H2,8,9)(H,10,11);3-4H,1-2H3,(H,8,9,10);3-4H,1-2H3,(H,8,9)(H,10,11);3-4H,1-2H3;1-2H3;2H,1H3;1H4;;;1H3;1H2/q;;;;;;;-1;;;. The van der Waals surface area contributed by atoms with Gasteiger partial charge in [0.05, 0.1) is 47.3 Å². The van der Waals surface area contributed by atoms with Crippen LogP contribution in [0.2, 0.25) is 0 Å². The minimum absolute atomic E-state index is 0. The number of primary amides is 1. The van der Waals surface area contributed by atoms with Crippen LogP contribution in [0, 0.1) is 69.0 Å². The Balaban J connectivity index is -0.000000197. The van der Waals surface area contributed by atoms with Crippen LogP contribution < -0.4 is 30.5 Å². The third kappa shape index (κ3) is 17.5. The maximum atomic E-state index is 10.9. The molecule has 0 radical (unpaired) electrons. The molecular weight excluding hydrogens is 1360 g/mol. The number of rotatable bonds is 4. The van der Waals surface area contributed by atoms with Crippen molar-refractivity contribution in [2.24, 2.45) is 74.7 Å². The molecule has 25 heteroatoms. The molecule has 6 rings (SSSR count). The fourth-order valence-corrected chi connectivity index (χ4v) is 7.03. The van der Waals surface area contributed by atoms with Gasteiger partial charge < -0.3 is 47.3 Å². The summed E-state index contributed by atoms with van der Waals surface area (Å²) in [5.74, 6) is -8.24. The van der Waals surface area contributed by atoms with Crippen LogP contribution in [0.25, 0.3) is 0 Å². The Morgan fingerprint density at radius 3 is 0.966 bits per heavy atom. The number of aliphatic hydroxyl groups is 1. The molecule has 3 amide bonds. The van der Waals surface area contributed by atoms with E-state index < -0.39 is 70.3 Å². The Bertz CT molecular complexity index is 1360. The van der Waals surface area contributed by atoms with E-state index in [2.05, 4.69) is 89.3 Å². The first-order valence-electron chi connectivity index (χ1n) is 16.1. The van der Waals surface area contributed by atoms with E-state index in [0.717, 1.165) is 7.11 Å². The summed E-state index contributed by atoms with van der Waals surface area (Å²) in [7, 11) is 1.00. The predicted octanol–water partition coefficient (Wildman–Crippen LogP) is 0.738. The van der Waals surface area contributed by atoms with Crippen molar-refractivity contribution < 1.29 is 96.6 Å². The number of esters is 4. The number of aliphatic carboxylic acids is 3. The fraction of sp³-hybridized carbons (Fsp3) is 0.706. The first-order chi connectivity index (χ1) is 25.4. The number of halogens is 5. The number of nitrogens with one attached hydrogen (secondary N) is 1. The molecule has 2 heterocycles. The number of hydrogen-bond donors (Lipinski definition) is 7. The molecule has 8 unspecified atom stereocenters. The van der Waals surface area contributed by atoms with E-state index in [0.29, 0.717) is 13.3 Å². The SMILES string of the molecule is C.CC(=O)OC(C)=O.CC1(C)C(C(=O)O)C1C(=O)O.CC1(C)C(C(N)=O)C1C(=O)O.CC1(C)C2C(=O)NC(=O)C21.CC1(C)C2C(=O)OC(=O)C21.CO.II.I[I-]I.N.O. The third-order valence-corrected chi connectivity index (χ3v) is 10.2. The van der Waals surface area contributed by atoms with Crippen LogP contribution >= 0.6 is 74.5 Å². The number of carbonyl (C=O) groups excluding carboxylic acids is 7. The Hall–Kier alpha value is -1.17. The van der Waals surface area contributed by atoms with E-state index in [-0.39, 0.29) is 77.3 Å². The Kier molecular flexibility index (Phi) is 30.8. The van der Waals surface area contributed by atoms with Crippen molar-refractivity contribution in [1.29, 1.82) is 0 Å². The largest absolute Gasteiger partial charge is 0.412 e. The number of carboxylic acids is 3. The maximum absolute atomic E-state index is 10.9. The van der Waals surface area contributed by atoms with E-state index in [1.807, 2.05) is 27.7 Å². The van der Waals surface area contributed by atoms with E-state index in [1.165, 1.54) is 13.8 Å². The number of cyclic esters (lactones) is 2. The summed E-state index contributed by atoms with van der Waals surface area (Å²) in [5.41, 5.74) is 3.81. The Morgan fingerprint density at radius 1 is 0.627 bits per heavy atom. The Morgan fingerprint density at radius 2 is 0.864 bits per heavy atom. The minimum atomic E-state index is -1.01. The van der Waals surface area contributed by atoms with Crippen molar-refractivity contribution in [2.75, 3.05) is 7.11 Å². The number of ether oxygens (including phenoxy) is 2. The zero-order valence-corrected chi connectivity index (χ0v) is 44.3. The van der Waals surface area contributed by atoms with Crippen LogP contribution in [-0.2, 0) is 57.4 Å². The van der Waals surface area contributed by atoms with Gasteiger partial charge in [0.2, 0.25) is 17.7 Å². The molecule has 4 saturated carbocycles. The molecule has 20 nitrogen and oxygen atoms in total. The molecule has 2 saturated heterocycles. The fourth-order valence-electron chi connectivity index (χ4n) is 7.03. The summed E-state index contributed by atoms with van der Waals surface area (Å²) in [5, 5.41) is 35.0. The Labute approximate surface area is 396 Å².